The molecule has 0 fully saturated rings. The van der Waals surface area contributed by atoms with Crippen LogP contribution in [0.2, 0.25) is 5.02 Å². The Morgan fingerprint density at radius 2 is 2.00 bits per heavy atom. The van der Waals surface area contributed by atoms with Crippen molar-refractivity contribution in [3.8, 4) is 0 Å². The van der Waals surface area contributed by atoms with Gasteiger partial charge in [0.2, 0.25) is 9.84 Å². The van der Waals surface area contributed by atoms with Crippen LogP contribution in [0.1, 0.15) is 5.56 Å². The largest absolute Gasteiger partial charge is 0.479 e. The van der Waals surface area contributed by atoms with Gasteiger partial charge in [-0.2, -0.15) is 0 Å². The summed E-state index contributed by atoms with van der Waals surface area (Å²) in [6.45, 7) is 0. The van der Waals surface area contributed by atoms with Crippen molar-refractivity contribution in [3.63, 3.8) is 0 Å². The van der Waals surface area contributed by atoms with Gasteiger partial charge in [-0.05, 0) is 18.2 Å². The number of aliphatic hydroxyl groups excluding tert-OH is 1. The summed E-state index contributed by atoms with van der Waals surface area (Å²) in [6.07, 6.45) is -0.991. The van der Waals surface area contributed by atoms with Crippen LogP contribution >= 0.6 is 11.6 Å². The number of halogens is 1. The Bertz CT molecular complexity index is 632. The highest BCUT2D eigenvalue weighted by Gasteiger charge is 2.37. The SMILES string of the molecule is O=C(O)C(O)C1=Cc2c(Cl)cccc2S1(=O)=O. The number of sulfone groups is 1. The van der Waals surface area contributed by atoms with Crippen molar-refractivity contribution >= 4 is 33.5 Å². The summed E-state index contributed by atoms with van der Waals surface area (Å²) in [5.74, 6) is -1.62. The van der Waals surface area contributed by atoms with Crippen molar-refractivity contribution in [1.82, 2.24) is 0 Å². The predicted octanol–water partition coefficient (Wildman–Crippen LogP) is 0.914. The van der Waals surface area contributed by atoms with Gasteiger partial charge in [0.25, 0.3) is 0 Å². The maximum atomic E-state index is 11.9. The van der Waals surface area contributed by atoms with E-state index in [1.807, 2.05) is 0 Å². The highest BCUT2D eigenvalue weighted by Crippen LogP contribution is 2.38. The number of aliphatic hydroxyl groups is 1. The molecule has 0 aromatic heterocycles. The van der Waals surface area contributed by atoms with Crippen molar-refractivity contribution in [3.05, 3.63) is 33.7 Å². The van der Waals surface area contributed by atoms with Crippen LogP contribution in [0.25, 0.3) is 6.08 Å². The maximum Gasteiger partial charge on any atom is 0.337 e. The van der Waals surface area contributed by atoms with Gasteiger partial charge in [-0.15, -0.1) is 0 Å². The van der Waals surface area contributed by atoms with Crippen LogP contribution in [0.4, 0.5) is 0 Å². The second-order valence-corrected chi connectivity index (χ2v) is 5.77. The topological polar surface area (TPSA) is 91.7 Å². The molecule has 1 aromatic rings. The lowest BCUT2D eigenvalue weighted by atomic mass is 10.2. The van der Waals surface area contributed by atoms with Gasteiger partial charge in [0.15, 0.2) is 6.10 Å². The first-order valence-corrected chi connectivity index (χ1v) is 6.38. The van der Waals surface area contributed by atoms with E-state index in [0.717, 1.165) is 6.08 Å². The molecule has 90 valence electrons. The molecule has 0 saturated heterocycles. The normalized spacial score (nSPS) is 18.4. The average molecular weight is 275 g/mol. The molecule has 0 bridgehead atoms. The molecular formula is C10H7ClO5S. The Morgan fingerprint density at radius 1 is 1.35 bits per heavy atom. The van der Waals surface area contributed by atoms with Crippen molar-refractivity contribution in [2.75, 3.05) is 0 Å². The van der Waals surface area contributed by atoms with E-state index >= 15 is 0 Å². The fourth-order valence-corrected chi connectivity index (χ4v) is 3.51. The Morgan fingerprint density at radius 3 is 2.53 bits per heavy atom. The molecule has 0 spiro atoms. The number of carbonyl (C=O) groups is 1. The molecule has 0 saturated carbocycles. The first kappa shape index (κ1) is 12.1. The van der Waals surface area contributed by atoms with Crippen LogP contribution < -0.4 is 0 Å². The molecule has 1 atom stereocenters. The Hall–Kier alpha value is -1.37. The summed E-state index contributed by atoms with van der Waals surface area (Å²) in [5.41, 5.74) is 0.212. The number of benzene rings is 1. The highest BCUT2D eigenvalue weighted by atomic mass is 35.5. The van der Waals surface area contributed by atoms with Crippen molar-refractivity contribution in [1.29, 1.82) is 0 Å². The third-order valence-corrected chi connectivity index (χ3v) is 4.63. The second kappa shape index (κ2) is 3.83. The Balaban J connectivity index is 2.67. The summed E-state index contributed by atoms with van der Waals surface area (Å²) >= 11 is 5.81. The number of rotatable bonds is 2. The highest BCUT2D eigenvalue weighted by molar-refractivity contribution is 7.96. The van der Waals surface area contributed by atoms with Crippen LogP contribution in [-0.4, -0.2) is 30.7 Å². The van der Waals surface area contributed by atoms with Gasteiger partial charge in [-0.3, -0.25) is 0 Å². The standard InChI is InChI=1S/C10H7ClO5S/c11-6-2-1-3-7-5(6)4-8(17(7,15)16)9(12)10(13)14/h1-4,9,12H,(H,13,14). The third-order valence-electron chi connectivity index (χ3n) is 2.40. The molecule has 0 aliphatic carbocycles. The van der Waals surface area contributed by atoms with E-state index in [1.165, 1.54) is 18.2 Å². The van der Waals surface area contributed by atoms with Gasteiger partial charge in [0, 0.05) is 10.6 Å². The molecule has 1 aliphatic heterocycles. The van der Waals surface area contributed by atoms with Crippen LogP contribution in [0.3, 0.4) is 0 Å². The second-order valence-electron chi connectivity index (χ2n) is 3.44. The van der Waals surface area contributed by atoms with Crippen molar-refractivity contribution in [2.45, 2.75) is 11.0 Å². The number of fused-ring (bicyclic) bond motifs is 1. The van der Waals surface area contributed by atoms with Gasteiger partial charge in [-0.1, -0.05) is 17.7 Å². The summed E-state index contributed by atoms with van der Waals surface area (Å²) in [4.78, 5) is 9.98. The molecule has 1 heterocycles. The summed E-state index contributed by atoms with van der Waals surface area (Å²) in [7, 11) is -3.97. The average Bonchev–Trinajstić information content (AvgIpc) is 2.51. The van der Waals surface area contributed by atoms with Gasteiger partial charge < -0.3 is 10.2 Å². The fraction of sp³-hybridized carbons (Fsp3) is 0.100. The molecule has 1 aromatic carbocycles. The lowest BCUT2D eigenvalue weighted by Gasteiger charge is -2.06. The summed E-state index contributed by atoms with van der Waals surface area (Å²) in [6, 6.07) is 4.25. The molecule has 1 aliphatic rings. The predicted molar refractivity (Wildman–Crippen MR) is 60.3 cm³/mol. The van der Waals surface area contributed by atoms with E-state index < -0.39 is 26.8 Å². The zero-order valence-electron chi connectivity index (χ0n) is 8.29. The van der Waals surface area contributed by atoms with Gasteiger partial charge in [0.05, 0.1) is 9.80 Å². The molecule has 0 amide bonds. The monoisotopic (exact) mass is 274 g/mol. The third kappa shape index (κ3) is 1.74. The van der Waals surface area contributed by atoms with E-state index in [4.69, 9.17) is 16.7 Å². The number of hydrogen-bond donors (Lipinski definition) is 2. The molecule has 0 radical (unpaired) electrons. The first-order chi connectivity index (χ1) is 7.85. The van der Waals surface area contributed by atoms with E-state index in [-0.39, 0.29) is 15.5 Å². The smallest absolute Gasteiger partial charge is 0.337 e. The summed E-state index contributed by atoms with van der Waals surface area (Å²) in [5, 5.41) is 18.2. The zero-order valence-corrected chi connectivity index (χ0v) is 9.86. The van der Waals surface area contributed by atoms with Gasteiger partial charge in [0.1, 0.15) is 0 Å². The van der Waals surface area contributed by atoms with Gasteiger partial charge >= 0.3 is 5.97 Å². The first-order valence-electron chi connectivity index (χ1n) is 4.52. The number of hydrogen-bond acceptors (Lipinski definition) is 4. The minimum absolute atomic E-state index is 0.0831. The van der Waals surface area contributed by atoms with Gasteiger partial charge in [-0.25, -0.2) is 13.2 Å². The maximum absolute atomic E-state index is 11.9. The molecule has 1 unspecified atom stereocenters. The van der Waals surface area contributed by atoms with Crippen molar-refractivity contribution < 1.29 is 23.4 Å². The fourth-order valence-electron chi connectivity index (χ4n) is 1.59. The minimum Gasteiger partial charge on any atom is -0.479 e. The molecule has 2 N–H and O–H groups in total. The van der Waals surface area contributed by atoms with Crippen LogP contribution in [0.5, 0.6) is 0 Å². The molecule has 17 heavy (non-hydrogen) atoms. The van der Waals surface area contributed by atoms with E-state index in [2.05, 4.69) is 0 Å². The number of aliphatic carboxylic acids is 1. The van der Waals surface area contributed by atoms with E-state index in [0.29, 0.717) is 0 Å². The summed E-state index contributed by atoms with van der Waals surface area (Å²) < 4.78 is 23.9. The molecule has 2 rings (SSSR count). The van der Waals surface area contributed by atoms with Crippen LogP contribution in [-0.2, 0) is 14.6 Å². The number of carboxylic acids is 1. The van der Waals surface area contributed by atoms with E-state index in [9.17, 15) is 18.3 Å². The zero-order chi connectivity index (χ0) is 12.8. The lowest BCUT2D eigenvalue weighted by Crippen LogP contribution is -2.25. The van der Waals surface area contributed by atoms with E-state index in [1.54, 1.807) is 0 Å². The molecule has 7 heteroatoms. The van der Waals surface area contributed by atoms with Crippen molar-refractivity contribution in [2.24, 2.45) is 0 Å². The lowest BCUT2D eigenvalue weighted by molar-refractivity contribution is -0.144. The van der Waals surface area contributed by atoms with Crippen LogP contribution in [0, 0.1) is 0 Å². The molecular weight excluding hydrogens is 268 g/mol. The Labute approximate surface area is 102 Å². The number of carboxylic acid groups (broad SMARTS) is 1. The molecule has 5 nitrogen and oxygen atoms in total. The quantitative estimate of drug-likeness (QED) is 0.836. The minimum atomic E-state index is -3.97. The Kier molecular flexibility index (Phi) is 2.73. The van der Waals surface area contributed by atoms with Crippen LogP contribution in [0.15, 0.2) is 28.0 Å².